The van der Waals surface area contributed by atoms with Crippen LogP contribution in [0.15, 0.2) is 42.5 Å². The molecule has 1 fully saturated rings. The maximum atomic E-state index is 12.7. The second-order valence-electron chi connectivity index (χ2n) is 9.02. The van der Waals surface area contributed by atoms with Gasteiger partial charge in [0.15, 0.2) is 0 Å². The molecule has 3 rings (SSSR count). The van der Waals surface area contributed by atoms with E-state index in [1.807, 2.05) is 51.1 Å². The van der Waals surface area contributed by atoms with Gasteiger partial charge in [-0.1, -0.05) is 48.0 Å². The van der Waals surface area contributed by atoms with Crippen molar-refractivity contribution < 1.29 is 18.0 Å². The number of nitrogens with one attached hydrogen (secondary N) is 1. The van der Waals surface area contributed by atoms with Crippen LogP contribution < -0.4 is 5.32 Å². The van der Waals surface area contributed by atoms with Gasteiger partial charge in [0.05, 0.1) is 18.8 Å². The fraction of sp³-hybridized carbons (Fsp3) is 0.440. The number of benzene rings is 2. The van der Waals surface area contributed by atoms with Gasteiger partial charge in [-0.25, -0.2) is 8.42 Å². The van der Waals surface area contributed by atoms with Gasteiger partial charge < -0.3 is 10.2 Å². The van der Waals surface area contributed by atoms with Crippen LogP contribution in [0, 0.1) is 20.8 Å². The number of sulfonamides is 1. The maximum Gasteiger partial charge on any atom is 0.238 e. The molecule has 8 nitrogen and oxygen atoms in total. The molecule has 0 aliphatic carbocycles. The zero-order valence-electron chi connectivity index (χ0n) is 20.4. The molecule has 184 valence electrons. The molecule has 1 aliphatic rings. The van der Waals surface area contributed by atoms with E-state index in [-0.39, 0.29) is 43.7 Å². The van der Waals surface area contributed by atoms with Crippen molar-refractivity contribution in [2.45, 2.75) is 26.5 Å². The molecule has 2 aromatic rings. The zero-order chi connectivity index (χ0) is 24.9. The van der Waals surface area contributed by atoms with E-state index in [4.69, 9.17) is 0 Å². The van der Waals surface area contributed by atoms with Gasteiger partial charge in [0.1, 0.15) is 0 Å². The quantitative estimate of drug-likeness (QED) is 0.618. The Morgan fingerprint density at radius 3 is 2.12 bits per heavy atom. The van der Waals surface area contributed by atoms with Crippen LogP contribution in [-0.4, -0.2) is 80.7 Å². The van der Waals surface area contributed by atoms with Gasteiger partial charge in [-0.15, -0.1) is 0 Å². The van der Waals surface area contributed by atoms with Crippen LogP contribution in [0.5, 0.6) is 0 Å². The number of nitrogens with zero attached hydrogens (tertiary/aromatic N) is 3. The van der Waals surface area contributed by atoms with E-state index < -0.39 is 10.0 Å². The summed E-state index contributed by atoms with van der Waals surface area (Å²) in [6.07, 6.45) is 0. The Bertz CT molecular complexity index is 1100. The van der Waals surface area contributed by atoms with Gasteiger partial charge in [-0.3, -0.25) is 14.5 Å². The highest BCUT2D eigenvalue weighted by Crippen LogP contribution is 2.22. The highest BCUT2D eigenvalue weighted by atomic mass is 32.2. The third kappa shape index (κ3) is 6.88. The third-order valence-electron chi connectivity index (χ3n) is 5.94. The van der Waals surface area contributed by atoms with Crippen molar-refractivity contribution in [3.63, 3.8) is 0 Å². The number of anilines is 1. The smallest absolute Gasteiger partial charge is 0.238 e. The molecule has 0 radical (unpaired) electrons. The van der Waals surface area contributed by atoms with Crippen molar-refractivity contribution in [3.8, 4) is 0 Å². The van der Waals surface area contributed by atoms with Gasteiger partial charge in [-0.2, -0.15) is 4.31 Å². The summed E-state index contributed by atoms with van der Waals surface area (Å²) in [6.45, 7) is 7.35. The van der Waals surface area contributed by atoms with Crippen molar-refractivity contribution >= 4 is 27.5 Å². The van der Waals surface area contributed by atoms with Gasteiger partial charge in [0.25, 0.3) is 0 Å². The van der Waals surface area contributed by atoms with Crippen LogP contribution in [-0.2, 0) is 25.4 Å². The van der Waals surface area contributed by atoms with E-state index in [1.54, 1.807) is 29.0 Å². The monoisotopic (exact) mass is 486 g/mol. The highest BCUT2D eigenvalue weighted by Gasteiger charge is 2.29. The number of aryl methyl sites for hydroxylation is 3. The lowest BCUT2D eigenvalue weighted by Crippen LogP contribution is -2.52. The number of carbonyl (C=O) groups is 2. The first-order valence-electron chi connectivity index (χ1n) is 11.4. The minimum absolute atomic E-state index is 0.0421. The van der Waals surface area contributed by atoms with Crippen LogP contribution >= 0.6 is 0 Å². The number of hydrogen-bond acceptors (Lipinski definition) is 5. The first-order chi connectivity index (χ1) is 16.0. The maximum absolute atomic E-state index is 12.7. The molecule has 9 heteroatoms. The van der Waals surface area contributed by atoms with E-state index in [0.29, 0.717) is 13.1 Å². The molecule has 1 aliphatic heterocycles. The molecule has 2 aromatic carbocycles. The number of carbonyl (C=O) groups excluding carboxylic acids is 2. The minimum atomic E-state index is -3.43. The number of likely N-dealkylation sites (N-methyl/N-ethyl adjacent to an activating group) is 1. The van der Waals surface area contributed by atoms with Gasteiger partial charge >= 0.3 is 0 Å². The fourth-order valence-electron chi connectivity index (χ4n) is 4.28. The average molecular weight is 487 g/mol. The molecule has 0 spiro atoms. The minimum Gasteiger partial charge on any atom is -0.339 e. The molecule has 1 saturated heterocycles. The molecule has 1 N–H and O–H groups in total. The van der Waals surface area contributed by atoms with E-state index in [1.165, 1.54) is 4.31 Å². The summed E-state index contributed by atoms with van der Waals surface area (Å²) in [5, 5.41) is 2.95. The number of amides is 2. The molecule has 1 heterocycles. The molecule has 0 bridgehead atoms. The molecule has 0 aromatic heterocycles. The van der Waals surface area contributed by atoms with Crippen molar-refractivity contribution in [1.82, 2.24) is 14.1 Å². The molecule has 0 atom stereocenters. The van der Waals surface area contributed by atoms with Crippen LogP contribution in [0.25, 0.3) is 0 Å². The lowest BCUT2D eigenvalue weighted by atomic mass is 10.1. The van der Waals surface area contributed by atoms with Gasteiger partial charge in [-0.05, 0) is 44.5 Å². The summed E-state index contributed by atoms with van der Waals surface area (Å²) < 4.78 is 26.9. The molecular weight excluding hydrogens is 452 g/mol. The summed E-state index contributed by atoms with van der Waals surface area (Å²) in [7, 11) is -1.70. The Balaban J connectivity index is 1.47. The second-order valence-corrected chi connectivity index (χ2v) is 11.0. The van der Waals surface area contributed by atoms with Gasteiger partial charge in [0.2, 0.25) is 21.8 Å². The predicted octanol–water partition coefficient (Wildman–Crippen LogP) is 2.16. The first-order valence-corrected chi connectivity index (χ1v) is 13.0. The lowest BCUT2D eigenvalue weighted by Gasteiger charge is -2.34. The van der Waals surface area contributed by atoms with Crippen molar-refractivity contribution in [1.29, 1.82) is 0 Å². The summed E-state index contributed by atoms with van der Waals surface area (Å²) in [6, 6.07) is 13.1. The second kappa shape index (κ2) is 11.1. The Labute approximate surface area is 202 Å². The molecule has 34 heavy (non-hydrogen) atoms. The van der Waals surface area contributed by atoms with Crippen LogP contribution in [0.2, 0.25) is 0 Å². The summed E-state index contributed by atoms with van der Waals surface area (Å²) in [4.78, 5) is 28.6. The van der Waals surface area contributed by atoms with Crippen molar-refractivity contribution in [2.24, 2.45) is 0 Å². The Kier molecular flexibility index (Phi) is 8.46. The summed E-state index contributed by atoms with van der Waals surface area (Å²) in [5.41, 5.74) is 4.71. The Hall–Kier alpha value is -2.75. The fourth-order valence-corrected chi connectivity index (χ4v) is 5.80. The number of rotatable bonds is 8. The van der Waals surface area contributed by atoms with Crippen LogP contribution in [0.1, 0.15) is 22.3 Å². The van der Waals surface area contributed by atoms with Crippen LogP contribution in [0.3, 0.4) is 0 Å². The van der Waals surface area contributed by atoms with Crippen molar-refractivity contribution in [3.05, 3.63) is 64.7 Å². The largest absolute Gasteiger partial charge is 0.339 e. The van der Waals surface area contributed by atoms with E-state index in [9.17, 15) is 18.0 Å². The zero-order valence-corrected chi connectivity index (χ0v) is 21.2. The van der Waals surface area contributed by atoms with E-state index in [2.05, 4.69) is 5.32 Å². The third-order valence-corrected chi connectivity index (χ3v) is 7.79. The molecule has 0 unspecified atom stereocenters. The SMILES string of the molecule is Cc1cc(C)c(NC(=O)CN(C)CC(=O)N2CCN(S(=O)(=O)Cc3ccccc3)CC2)c(C)c1. The van der Waals surface area contributed by atoms with E-state index in [0.717, 1.165) is 27.9 Å². The summed E-state index contributed by atoms with van der Waals surface area (Å²) in [5.74, 6) is -0.334. The first kappa shape index (κ1) is 25.9. The molecular formula is C25H34N4O4S. The predicted molar refractivity (Wildman–Crippen MR) is 134 cm³/mol. The Morgan fingerprint density at radius 2 is 1.53 bits per heavy atom. The normalized spacial score (nSPS) is 14.9. The summed E-state index contributed by atoms with van der Waals surface area (Å²) >= 11 is 0. The highest BCUT2D eigenvalue weighted by molar-refractivity contribution is 7.88. The molecule has 2 amide bonds. The average Bonchev–Trinajstić information content (AvgIpc) is 2.76. The number of hydrogen-bond donors (Lipinski definition) is 1. The standard InChI is InChI=1S/C25H34N4O4S/c1-19-14-20(2)25(21(3)15-19)26-23(30)16-27(4)17-24(31)28-10-12-29(13-11-28)34(32,33)18-22-8-6-5-7-9-22/h5-9,14-15H,10-13,16-18H2,1-4H3,(H,26,30). The molecule has 0 saturated carbocycles. The Morgan fingerprint density at radius 1 is 0.941 bits per heavy atom. The topological polar surface area (TPSA) is 90.0 Å². The van der Waals surface area contributed by atoms with Crippen LogP contribution in [0.4, 0.5) is 5.69 Å². The van der Waals surface area contributed by atoms with Crippen molar-refractivity contribution in [2.75, 3.05) is 51.6 Å². The number of piperazine rings is 1. The lowest BCUT2D eigenvalue weighted by molar-refractivity contribution is -0.133. The van der Waals surface area contributed by atoms with E-state index >= 15 is 0 Å². The van der Waals surface area contributed by atoms with Gasteiger partial charge in [0, 0.05) is 31.9 Å².